The predicted molar refractivity (Wildman–Crippen MR) is 117 cm³/mol. The lowest BCUT2D eigenvalue weighted by Crippen LogP contribution is -2.23. The molecule has 9 nitrogen and oxygen atoms in total. The molecule has 0 unspecified atom stereocenters. The Hall–Kier alpha value is -4.01. The van der Waals surface area contributed by atoms with Crippen molar-refractivity contribution in [3.63, 3.8) is 0 Å². The first-order valence-corrected chi connectivity index (χ1v) is 9.84. The molecule has 0 spiro atoms. The quantitative estimate of drug-likeness (QED) is 0.495. The minimum absolute atomic E-state index is 0.175. The molecule has 0 aliphatic heterocycles. The highest BCUT2D eigenvalue weighted by Gasteiger charge is 2.19. The molecule has 0 atom stereocenters. The van der Waals surface area contributed by atoms with Gasteiger partial charge in [0.05, 0.1) is 12.7 Å². The smallest absolute Gasteiger partial charge is 0.256 e. The second kappa shape index (κ2) is 8.39. The number of nitrogens with zero attached hydrogens (tertiary/aromatic N) is 5. The maximum atomic E-state index is 12.5. The van der Waals surface area contributed by atoms with E-state index in [1.54, 1.807) is 16.8 Å². The molecule has 0 fully saturated rings. The van der Waals surface area contributed by atoms with Gasteiger partial charge >= 0.3 is 0 Å². The Labute approximate surface area is 179 Å². The van der Waals surface area contributed by atoms with Crippen LogP contribution in [0.25, 0.3) is 16.8 Å². The van der Waals surface area contributed by atoms with Crippen molar-refractivity contribution < 1.29 is 9.53 Å². The monoisotopic (exact) mass is 417 g/mol. The van der Waals surface area contributed by atoms with Crippen LogP contribution in [-0.2, 0) is 6.54 Å². The zero-order valence-electron chi connectivity index (χ0n) is 17.5. The largest absolute Gasteiger partial charge is 0.496 e. The van der Waals surface area contributed by atoms with Crippen molar-refractivity contribution in [3.05, 3.63) is 66.0 Å². The van der Waals surface area contributed by atoms with Crippen molar-refractivity contribution in [1.82, 2.24) is 29.9 Å². The van der Waals surface area contributed by atoms with Gasteiger partial charge in [0.1, 0.15) is 29.1 Å². The summed E-state index contributed by atoms with van der Waals surface area (Å²) in [5.74, 6) is 1.61. The number of carbonyl (C=O) groups is 1. The van der Waals surface area contributed by atoms with Gasteiger partial charge in [0.2, 0.25) is 0 Å². The number of nitrogens with one attached hydrogen (secondary N) is 1. The molecule has 158 valence electrons. The van der Waals surface area contributed by atoms with E-state index in [1.165, 1.54) is 19.6 Å². The van der Waals surface area contributed by atoms with Crippen LogP contribution in [0.4, 0.5) is 5.82 Å². The van der Waals surface area contributed by atoms with Crippen LogP contribution in [0.1, 0.15) is 41.5 Å². The molecule has 0 bridgehead atoms. The van der Waals surface area contributed by atoms with Crippen LogP contribution in [0.2, 0.25) is 0 Å². The number of pyridine rings is 1. The van der Waals surface area contributed by atoms with Crippen LogP contribution in [0.15, 0.2) is 49.1 Å². The lowest BCUT2D eigenvalue weighted by atomic mass is 10.1. The molecule has 0 radical (unpaired) electrons. The van der Waals surface area contributed by atoms with Crippen LogP contribution in [-0.4, -0.2) is 37.6 Å². The van der Waals surface area contributed by atoms with Crippen LogP contribution in [0.3, 0.4) is 0 Å². The molecular formula is C22H23N7O2. The molecule has 3 aromatic heterocycles. The van der Waals surface area contributed by atoms with Gasteiger partial charge in [-0.1, -0.05) is 38.1 Å². The van der Waals surface area contributed by atoms with Crippen molar-refractivity contribution in [2.24, 2.45) is 0 Å². The number of nitrogens with two attached hydrogens (primary N) is 1. The van der Waals surface area contributed by atoms with E-state index in [-0.39, 0.29) is 11.8 Å². The minimum atomic E-state index is -0.249. The fourth-order valence-electron chi connectivity index (χ4n) is 3.34. The summed E-state index contributed by atoms with van der Waals surface area (Å²) in [7, 11) is 1.52. The van der Waals surface area contributed by atoms with Gasteiger partial charge < -0.3 is 15.8 Å². The van der Waals surface area contributed by atoms with Crippen LogP contribution < -0.4 is 15.8 Å². The first-order valence-electron chi connectivity index (χ1n) is 9.84. The Morgan fingerprint density at radius 1 is 1.23 bits per heavy atom. The number of methoxy groups -OCH3 is 1. The molecule has 1 aromatic carbocycles. The second-order valence-corrected chi connectivity index (χ2v) is 7.33. The summed E-state index contributed by atoms with van der Waals surface area (Å²) in [6.07, 6.45) is 4.50. The average Bonchev–Trinajstić information content (AvgIpc) is 3.19. The van der Waals surface area contributed by atoms with E-state index in [1.807, 2.05) is 24.3 Å². The number of anilines is 1. The van der Waals surface area contributed by atoms with Crippen molar-refractivity contribution in [3.8, 4) is 17.0 Å². The number of ether oxygens (including phenoxy) is 1. The highest BCUT2D eigenvalue weighted by atomic mass is 16.5. The molecule has 0 saturated carbocycles. The maximum absolute atomic E-state index is 12.5. The molecule has 4 aromatic rings. The van der Waals surface area contributed by atoms with E-state index in [0.717, 1.165) is 22.6 Å². The Balaban J connectivity index is 1.56. The fourth-order valence-corrected chi connectivity index (χ4v) is 3.34. The van der Waals surface area contributed by atoms with Gasteiger partial charge in [-0.25, -0.2) is 14.5 Å². The van der Waals surface area contributed by atoms with Crippen LogP contribution >= 0.6 is 0 Å². The number of aromatic nitrogens is 5. The molecule has 3 heterocycles. The minimum Gasteiger partial charge on any atom is -0.496 e. The number of imidazole rings is 1. The van der Waals surface area contributed by atoms with E-state index in [0.29, 0.717) is 29.2 Å². The summed E-state index contributed by atoms with van der Waals surface area (Å²) in [5.41, 5.74) is 9.78. The average molecular weight is 417 g/mol. The molecule has 31 heavy (non-hydrogen) atoms. The maximum Gasteiger partial charge on any atom is 0.256 e. The van der Waals surface area contributed by atoms with Gasteiger partial charge in [0, 0.05) is 30.4 Å². The molecular weight excluding hydrogens is 394 g/mol. The number of nitrogen functional groups attached to an aromatic ring is 1. The Morgan fingerprint density at radius 2 is 2.00 bits per heavy atom. The van der Waals surface area contributed by atoms with Crippen molar-refractivity contribution in [2.45, 2.75) is 26.3 Å². The summed E-state index contributed by atoms with van der Waals surface area (Å²) in [6.45, 7) is 4.48. The third-order valence-electron chi connectivity index (χ3n) is 4.93. The standard InChI is InChI=1S/C22H23N7O2/c1-13(2)21-28-18(19-20(23)26-12-27-29(19)21)15-6-4-14(5-7-15)10-25-22(30)16-11-24-9-8-17(16)31-3/h4-9,11-13H,10H2,1-3H3,(H,25,30)(H2,23,26,27). The van der Waals surface area contributed by atoms with Crippen LogP contribution in [0.5, 0.6) is 5.75 Å². The zero-order valence-corrected chi connectivity index (χ0v) is 17.5. The highest BCUT2D eigenvalue weighted by molar-refractivity contribution is 5.96. The number of amides is 1. The lowest BCUT2D eigenvalue weighted by Gasteiger charge is -2.09. The fraction of sp³-hybridized carbons (Fsp3) is 0.227. The molecule has 0 saturated heterocycles. The first-order chi connectivity index (χ1) is 15.0. The van der Waals surface area contributed by atoms with Crippen molar-refractivity contribution in [2.75, 3.05) is 12.8 Å². The summed E-state index contributed by atoms with van der Waals surface area (Å²) in [5, 5.41) is 7.21. The van der Waals surface area contributed by atoms with Gasteiger partial charge in [0.25, 0.3) is 5.91 Å². The van der Waals surface area contributed by atoms with E-state index in [2.05, 4.69) is 34.2 Å². The number of hydrogen-bond donors (Lipinski definition) is 2. The third-order valence-corrected chi connectivity index (χ3v) is 4.93. The van der Waals surface area contributed by atoms with Crippen molar-refractivity contribution >= 4 is 17.2 Å². The van der Waals surface area contributed by atoms with E-state index in [4.69, 9.17) is 15.5 Å². The summed E-state index contributed by atoms with van der Waals surface area (Å²) in [6, 6.07) is 9.43. The second-order valence-electron chi connectivity index (χ2n) is 7.33. The molecule has 1 amide bonds. The number of hydrogen-bond acceptors (Lipinski definition) is 7. The molecule has 4 rings (SSSR count). The Bertz CT molecular complexity index is 1230. The number of rotatable bonds is 6. The highest BCUT2D eigenvalue weighted by Crippen LogP contribution is 2.29. The third kappa shape index (κ3) is 3.89. The van der Waals surface area contributed by atoms with Gasteiger partial charge in [-0.15, -0.1) is 0 Å². The van der Waals surface area contributed by atoms with Crippen molar-refractivity contribution in [1.29, 1.82) is 0 Å². The zero-order chi connectivity index (χ0) is 22.0. The Kier molecular flexibility index (Phi) is 5.48. The molecule has 3 N–H and O–H groups in total. The van der Waals surface area contributed by atoms with Gasteiger partial charge in [-0.3, -0.25) is 9.78 Å². The predicted octanol–water partition coefficient (Wildman–Crippen LogP) is 2.83. The molecule has 9 heteroatoms. The number of fused-ring (bicyclic) bond motifs is 1. The SMILES string of the molecule is COc1ccncc1C(=O)NCc1ccc(-c2nc(C(C)C)n3ncnc(N)c23)cc1. The van der Waals surface area contributed by atoms with Gasteiger partial charge in [-0.05, 0) is 11.6 Å². The normalized spacial score (nSPS) is 11.1. The summed E-state index contributed by atoms with van der Waals surface area (Å²) in [4.78, 5) is 25.3. The topological polar surface area (TPSA) is 120 Å². The molecule has 0 aliphatic carbocycles. The lowest BCUT2D eigenvalue weighted by molar-refractivity contribution is 0.0947. The molecule has 0 aliphatic rings. The first kappa shape index (κ1) is 20.3. The summed E-state index contributed by atoms with van der Waals surface area (Å²) < 4.78 is 6.96. The van der Waals surface area contributed by atoms with E-state index in [9.17, 15) is 4.79 Å². The van der Waals surface area contributed by atoms with Gasteiger partial charge in [-0.2, -0.15) is 5.10 Å². The van der Waals surface area contributed by atoms with E-state index < -0.39 is 0 Å². The number of benzene rings is 1. The number of carbonyl (C=O) groups excluding carboxylic acids is 1. The van der Waals surface area contributed by atoms with Gasteiger partial charge in [0.15, 0.2) is 5.82 Å². The van der Waals surface area contributed by atoms with Crippen LogP contribution in [0, 0.1) is 0 Å². The Morgan fingerprint density at radius 3 is 2.71 bits per heavy atom. The summed E-state index contributed by atoms with van der Waals surface area (Å²) >= 11 is 0. The van der Waals surface area contributed by atoms with E-state index >= 15 is 0 Å².